The number of rotatable bonds is 5. The molecule has 2 aromatic carbocycles. The van der Waals surface area contributed by atoms with Gasteiger partial charge >= 0.3 is 0 Å². The zero-order chi connectivity index (χ0) is 14.5. The average molecular weight is 333 g/mol. The monoisotopic (exact) mass is 332 g/mol. The first-order valence-electron chi connectivity index (χ1n) is 6.98. The Morgan fingerprint density at radius 1 is 1.15 bits per heavy atom. The molecule has 0 radical (unpaired) electrons. The van der Waals surface area contributed by atoms with Gasteiger partial charge < -0.3 is 10.6 Å². The summed E-state index contributed by atoms with van der Waals surface area (Å²) in [6.07, 6.45) is 0.894. The zero-order valence-corrected chi connectivity index (χ0v) is 13.7. The Labute approximate surface area is 129 Å². The molecule has 106 valence electrons. The van der Waals surface area contributed by atoms with Gasteiger partial charge in [0.15, 0.2) is 0 Å². The van der Waals surface area contributed by atoms with Gasteiger partial charge in [0.1, 0.15) is 0 Å². The molecule has 0 unspecified atom stereocenters. The summed E-state index contributed by atoms with van der Waals surface area (Å²) in [5.74, 6) is 0. The van der Waals surface area contributed by atoms with Gasteiger partial charge in [-0.15, -0.1) is 0 Å². The van der Waals surface area contributed by atoms with Gasteiger partial charge in [0.25, 0.3) is 0 Å². The molecule has 0 saturated heterocycles. The van der Waals surface area contributed by atoms with Gasteiger partial charge in [-0.2, -0.15) is 0 Å². The second kappa shape index (κ2) is 6.91. The summed E-state index contributed by atoms with van der Waals surface area (Å²) in [4.78, 5) is 2.34. The van der Waals surface area contributed by atoms with E-state index in [1.54, 1.807) is 0 Å². The Morgan fingerprint density at radius 2 is 1.95 bits per heavy atom. The number of benzene rings is 2. The molecule has 0 aromatic heterocycles. The van der Waals surface area contributed by atoms with Gasteiger partial charge in [-0.3, -0.25) is 0 Å². The third-order valence-electron chi connectivity index (χ3n) is 3.38. The molecule has 0 aliphatic rings. The first-order valence-corrected chi connectivity index (χ1v) is 7.77. The van der Waals surface area contributed by atoms with Crippen LogP contribution in [0.2, 0.25) is 0 Å². The molecule has 0 aliphatic carbocycles. The maximum Gasteiger partial charge on any atom is 0.0454 e. The standard InChI is InChI=1S/C17H21BrN2/c1-3-20(16-6-4-5-13(2)11-16)17-12-15(18)8-7-14(17)9-10-19/h4-8,11-12H,3,9-10,19H2,1-2H3. The van der Waals surface area contributed by atoms with Crippen LogP contribution >= 0.6 is 15.9 Å². The Morgan fingerprint density at radius 3 is 2.60 bits per heavy atom. The van der Waals surface area contributed by atoms with Gasteiger partial charge in [-0.1, -0.05) is 34.1 Å². The second-order valence-corrected chi connectivity index (χ2v) is 5.81. The number of anilines is 2. The van der Waals surface area contributed by atoms with Crippen molar-refractivity contribution >= 4 is 27.3 Å². The van der Waals surface area contributed by atoms with Gasteiger partial charge in [0, 0.05) is 22.4 Å². The lowest BCUT2D eigenvalue weighted by atomic mass is 10.1. The molecule has 0 aliphatic heterocycles. The van der Waals surface area contributed by atoms with E-state index >= 15 is 0 Å². The minimum Gasteiger partial charge on any atom is -0.342 e. The van der Waals surface area contributed by atoms with Crippen LogP contribution in [0, 0.1) is 6.92 Å². The van der Waals surface area contributed by atoms with Crippen LogP contribution in [0.4, 0.5) is 11.4 Å². The van der Waals surface area contributed by atoms with Crippen molar-refractivity contribution in [3.63, 3.8) is 0 Å². The van der Waals surface area contributed by atoms with Crippen LogP contribution in [0.1, 0.15) is 18.1 Å². The lowest BCUT2D eigenvalue weighted by molar-refractivity contribution is 0.941. The van der Waals surface area contributed by atoms with Crippen molar-refractivity contribution in [1.82, 2.24) is 0 Å². The fourth-order valence-electron chi connectivity index (χ4n) is 2.44. The minimum absolute atomic E-state index is 0.667. The van der Waals surface area contributed by atoms with Crippen molar-refractivity contribution in [2.24, 2.45) is 5.73 Å². The van der Waals surface area contributed by atoms with E-state index in [1.807, 2.05) is 0 Å². The topological polar surface area (TPSA) is 29.3 Å². The van der Waals surface area contributed by atoms with Crippen LogP contribution in [0.5, 0.6) is 0 Å². The van der Waals surface area contributed by atoms with Gasteiger partial charge in [-0.05, 0) is 62.2 Å². The number of nitrogens with two attached hydrogens (primary N) is 1. The van der Waals surface area contributed by atoms with Crippen LogP contribution in [-0.2, 0) is 6.42 Å². The van der Waals surface area contributed by atoms with E-state index in [9.17, 15) is 0 Å². The third-order valence-corrected chi connectivity index (χ3v) is 3.87. The molecular formula is C17H21BrN2. The summed E-state index contributed by atoms with van der Waals surface area (Å²) in [5, 5.41) is 0. The van der Waals surface area contributed by atoms with E-state index < -0.39 is 0 Å². The second-order valence-electron chi connectivity index (χ2n) is 4.89. The highest BCUT2D eigenvalue weighted by Gasteiger charge is 2.12. The van der Waals surface area contributed by atoms with Crippen LogP contribution in [0.3, 0.4) is 0 Å². The summed E-state index contributed by atoms with van der Waals surface area (Å²) in [6, 6.07) is 15.0. The van der Waals surface area contributed by atoms with Crippen molar-refractivity contribution in [3.8, 4) is 0 Å². The maximum atomic E-state index is 5.74. The van der Waals surface area contributed by atoms with Crippen molar-refractivity contribution in [2.45, 2.75) is 20.3 Å². The maximum absolute atomic E-state index is 5.74. The molecule has 0 atom stereocenters. The molecule has 3 heteroatoms. The van der Waals surface area contributed by atoms with Crippen LogP contribution < -0.4 is 10.6 Å². The van der Waals surface area contributed by atoms with Crippen LogP contribution in [0.25, 0.3) is 0 Å². The van der Waals surface area contributed by atoms with E-state index in [1.165, 1.54) is 22.5 Å². The summed E-state index contributed by atoms with van der Waals surface area (Å²) in [7, 11) is 0. The Balaban J connectivity index is 2.48. The number of halogens is 1. The minimum atomic E-state index is 0.667. The fraction of sp³-hybridized carbons (Fsp3) is 0.294. The Kier molecular flexibility index (Phi) is 5.21. The molecule has 0 saturated carbocycles. The smallest absolute Gasteiger partial charge is 0.0454 e. The summed E-state index contributed by atoms with van der Waals surface area (Å²) < 4.78 is 1.10. The molecule has 0 fully saturated rings. The molecule has 0 bridgehead atoms. The van der Waals surface area contributed by atoms with Gasteiger partial charge in [-0.25, -0.2) is 0 Å². The quantitative estimate of drug-likeness (QED) is 0.878. The number of hydrogen-bond acceptors (Lipinski definition) is 2. The molecule has 20 heavy (non-hydrogen) atoms. The number of hydrogen-bond donors (Lipinski definition) is 1. The highest BCUT2D eigenvalue weighted by Crippen LogP contribution is 2.31. The van der Waals surface area contributed by atoms with Crippen LogP contribution in [-0.4, -0.2) is 13.1 Å². The summed E-state index contributed by atoms with van der Waals surface area (Å²) in [6.45, 7) is 5.89. The molecule has 2 aromatic rings. The Bertz CT molecular complexity index is 581. The van der Waals surface area contributed by atoms with Crippen molar-refractivity contribution in [1.29, 1.82) is 0 Å². The van der Waals surface area contributed by atoms with Crippen molar-refractivity contribution in [3.05, 3.63) is 58.1 Å². The predicted octanol–water partition coefficient (Wildman–Crippen LogP) is 4.42. The van der Waals surface area contributed by atoms with Crippen LogP contribution in [0.15, 0.2) is 46.9 Å². The van der Waals surface area contributed by atoms with E-state index in [0.29, 0.717) is 6.54 Å². The van der Waals surface area contributed by atoms with E-state index in [0.717, 1.165) is 17.4 Å². The van der Waals surface area contributed by atoms with E-state index in [-0.39, 0.29) is 0 Å². The molecule has 2 N–H and O–H groups in total. The molecule has 0 amide bonds. The molecular weight excluding hydrogens is 312 g/mol. The van der Waals surface area contributed by atoms with E-state index in [2.05, 4.69) is 77.1 Å². The first kappa shape index (κ1) is 15.1. The lowest BCUT2D eigenvalue weighted by Crippen LogP contribution is -2.18. The summed E-state index contributed by atoms with van der Waals surface area (Å²) >= 11 is 3.57. The predicted molar refractivity (Wildman–Crippen MR) is 90.8 cm³/mol. The number of nitrogens with zero attached hydrogens (tertiary/aromatic N) is 1. The largest absolute Gasteiger partial charge is 0.342 e. The summed E-state index contributed by atoms with van der Waals surface area (Å²) in [5.41, 5.74) is 10.8. The fourth-order valence-corrected chi connectivity index (χ4v) is 2.79. The molecule has 0 heterocycles. The third kappa shape index (κ3) is 3.41. The van der Waals surface area contributed by atoms with Gasteiger partial charge in [0.05, 0.1) is 0 Å². The zero-order valence-electron chi connectivity index (χ0n) is 12.1. The SMILES string of the molecule is CCN(c1cccc(C)c1)c1cc(Br)ccc1CCN. The Hall–Kier alpha value is -1.32. The molecule has 0 spiro atoms. The van der Waals surface area contributed by atoms with Gasteiger partial charge in [0.2, 0.25) is 0 Å². The highest BCUT2D eigenvalue weighted by atomic mass is 79.9. The normalized spacial score (nSPS) is 10.6. The average Bonchev–Trinajstić information content (AvgIpc) is 2.43. The first-order chi connectivity index (χ1) is 9.65. The van der Waals surface area contributed by atoms with E-state index in [4.69, 9.17) is 5.73 Å². The molecule has 2 nitrogen and oxygen atoms in total. The number of aryl methyl sites for hydroxylation is 1. The molecule has 2 rings (SSSR count). The van der Waals surface area contributed by atoms with Crippen molar-refractivity contribution in [2.75, 3.05) is 18.0 Å². The highest BCUT2D eigenvalue weighted by molar-refractivity contribution is 9.10. The van der Waals surface area contributed by atoms with Crippen molar-refractivity contribution < 1.29 is 0 Å². The lowest BCUT2D eigenvalue weighted by Gasteiger charge is -2.26.